The molecule has 0 aliphatic carbocycles. The van der Waals surface area contributed by atoms with Gasteiger partial charge in [0.05, 0.1) is 5.69 Å². The molecule has 0 aliphatic heterocycles. The first-order chi connectivity index (χ1) is 9.18. The van der Waals surface area contributed by atoms with Crippen molar-refractivity contribution in [3.8, 4) is 11.3 Å². The van der Waals surface area contributed by atoms with Gasteiger partial charge in [-0.2, -0.15) is 0 Å². The number of nitrogens with one attached hydrogen (secondary N) is 1. The van der Waals surface area contributed by atoms with E-state index in [9.17, 15) is 9.90 Å². The molecule has 0 aliphatic rings. The summed E-state index contributed by atoms with van der Waals surface area (Å²) in [5.41, 5.74) is 3.36. The summed E-state index contributed by atoms with van der Waals surface area (Å²) in [6.45, 7) is 1.95. The van der Waals surface area contributed by atoms with Crippen LogP contribution in [0, 0.1) is 6.92 Å². The molecule has 0 fully saturated rings. The zero-order chi connectivity index (χ0) is 13.4. The Kier molecular flexibility index (Phi) is 2.56. The van der Waals surface area contributed by atoms with Gasteiger partial charge in [0.2, 0.25) is 0 Å². The summed E-state index contributed by atoms with van der Waals surface area (Å²) in [6, 6.07) is 11.3. The van der Waals surface area contributed by atoms with Crippen molar-refractivity contribution in [1.82, 2.24) is 9.97 Å². The van der Waals surface area contributed by atoms with Gasteiger partial charge < -0.3 is 10.1 Å². The summed E-state index contributed by atoms with van der Waals surface area (Å²) in [7, 11) is 0. The molecule has 0 bridgehead atoms. The van der Waals surface area contributed by atoms with Crippen molar-refractivity contribution in [2.24, 2.45) is 0 Å². The van der Waals surface area contributed by atoms with Crippen molar-refractivity contribution in [3.05, 3.63) is 53.9 Å². The van der Waals surface area contributed by atoms with Gasteiger partial charge in [0.15, 0.2) is 0 Å². The summed E-state index contributed by atoms with van der Waals surface area (Å²) in [5, 5.41) is 10.2. The van der Waals surface area contributed by atoms with Crippen LogP contribution in [0.4, 0.5) is 0 Å². The van der Waals surface area contributed by atoms with Crippen molar-refractivity contribution in [2.45, 2.75) is 6.92 Å². The van der Waals surface area contributed by atoms with Gasteiger partial charge in [-0.1, -0.05) is 24.3 Å². The summed E-state index contributed by atoms with van der Waals surface area (Å²) in [5.74, 6) is -0.976. The lowest BCUT2D eigenvalue weighted by atomic mass is 10.0. The predicted molar refractivity (Wildman–Crippen MR) is 73.2 cm³/mol. The first-order valence-corrected chi connectivity index (χ1v) is 5.94. The Morgan fingerprint density at radius 3 is 2.74 bits per heavy atom. The van der Waals surface area contributed by atoms with Gasteiger partial charge in [-0.25, -0.2) is 4.79 Å². The van der Waals surface area contributed by atoms with Crippen molar-refractivity contribution in [2.75, 3.05) is 0 Å². The number of para-hydroxylation sites is 1. The normalized spacial score (nSPS) is 10.8. The molecule has 0 atom stereocenters. The molecule has 0 saturated heterocycles. The lowest BCUT2D eigenvalue weighted by molar-refractivity contribution is 0.0692. The lowest BCUT2D eigenvalue weighted by Gasteiger charge is -2.00. The lowest BCUT2D eigenvalue weighted by Crippen LogP contribution is -1.99. The highest BCUT2D eigenvalue weighted by Gasteiger charge is 2.19. The molecule has 0 spiro atoms. The van der Waals surface area contributed by atoms with E-state index >= 15 is 0 Å². The molecule has 2 N–H and O–H groups in total. The van der Waals surface area contributed by atoms with Gasteiger partial charge in [-0.3, -0.25) is 4.98 Å². The van der Waals surface area contributed by atoms with Crippen LogP contribution in [0.2, 0.25) is 0 Å². The Morgan fingerprint density at radius 1 is 1.21 bits per heavy atom. The van der Waals surface area contributed by atoms with Crippen molar-refractivity contribution in [1.29, 1.82) is 0 Å². The third kappa shape index (κ3) is 1.78. The maximum absolute atomic E-state index is 11.4. The average molecular weight is 252 g/mol. The first kappa shape index (κ1) is 11.5. The molecule has 4 heteroatoms. The minimum Gasteiger partial charge on any atom is -0.477 e. The number of carbonyl (C=O) groups is 1. The van der Waals surface area contributed by atoms with E-state index < -0.39 is 5.97 Å². The highest BCUT2D eigenvalue weighted by molar-refractivity contribution is 6.07. The number of rotatable bonds is 2. The molecule has 0 radical (unpaired) electrons. The molecule has 1 aromatic carbocycles. The predicted octanol–water partition coefficient (Wildman–Crippen LogP) is 3.24. The van der Waals surface area contributed by atoms with E-state index in [1.54, 1.807) is 6.20 Å². The third-order valence-corrected chi connectivity index (χ3v) is 3.18. The number of pyridine rings is 1. The number of aromatic nitrogens is 2. The fourth-order valence-electron chi connectivity index (χ4n) is 2.30. The number of H-pyrrole nitrogens is 1. The van der Waals surface area contributed by atoms with Gasteiger partial charge in [0.25, 0.3) is 0 Å². The Labute approximate surface area is 109 Å². The molecule has 3 rings (SSSR count). The maximum atomic E-state index is 11.4. The van der Waals surface area contributed by atoms with E-state index in [1.807, 2.05) is 43.3 Å². The second-order valence-electron chi connectivity index (χ2n) is 4.39. The highest BCUT2D eigenvalue weighted by Crippen LogP contribution is 2.32. The summed E-state index contributed by atoms with van der Waals surface area (Å²) >= 11 is 0. The van der Waals surface area contributed by atoms with Crippen molar-refractivity contribution >= 4 is 16.9 Å². The molecule has 94 valence electrons. The molecule has 2 aromatic heterocycles. The zero-order valence-electron chi connectivity index (χ0n) is 10.3. The maximum Gasteiger partial charge on any atom is 0.353 e. The van der Waals surface area contributed by atoms with Crippen LogP contribution in [0.1, 0.15) is 16.1 Å². The average Bonchev–Trinajstić information content (AvgIpc) is 2.81. The Morgan fingerprint density at radius 2 is 2.05 bits per heavy atom. The van der Waals surface area contributed by atoms with Gasteiger partial charge >= 0.3 is 5.97 Å². The van der Waals surface area contributed by atoms with Crippen LogP contribution < -0.4 is 0 Å². The van der Waals surface area contributed by atoms with Crippen LogP contribution in [0.3, 0.4) is 0 Å². The molecule has 2 heterocycles. The zero-order valence-corrected chi connectivity index (χ0v) is 10.3. The topological polar surface area (TPSA) is 66.0 Å². The molecule has 3 aromatic rings. The number of nitrogens with zero attached hydrogens (tertiary/aromatic N) is 1. The standard InChI is InChI=1S/C15H12N2O2/c1-9-5-4-6-10-12(11-7-2-3-8-16-11)14(15(18)19)17-13(9)10/h2-8,17H,1H3,(H,18,19). The van der Waals surface area contributed by atoms with Crippen LogP contribution in [-0.4, -0.2) is 21.0 Å². The quantitative estimate of drug-likeness (QED) is 0.735. The van der Waals surface area contributed by atoms with Gasteiger partial charge in [-0.15, -0.1) is 0 Å². The van der Waals surface area contributed by atoms with E-state index in [0.29, 0.717) is 11.3 Å². The number of carboxylic acid groups (broad SMARTS) is 1. The minimum atomic E-state index is -0.976. The molecule has 4 nitrogen and oxygen atoms in total. The van der Waals surface area contributed by atoms with Crippen LogP contribution in [0.25, 0.3) is 22.2 Å². The molecular formula is C15H12N2O2. The Hall–Kier alpha value is -2.62. The smallest absolute Gasteiger partial charge is 0.353 e. The second-order valence-corrected chi connectivity index (χ2v) is 4.39. The highest BCUT2D eigenvalue weighted by atomic mass is 16.4. The van der Waals surface area contributed by atoms with E-state index in [4.69, 9.17) is 0 Å². The minimum absolute atomic E-state index is 0.183. The van der Waals surface area contributed by atoms with Crippen LogP contribution in [-0.2, 0) is 0 Å². The Balaban J connectivity index is 2.42. The number of carboxylic acids is 1. The number of hydrogen-bond donors (Lipinski definition) is 2. The molecule has 19 heavy (non-hydrogen) atoms. The van der Waals surface area contributed by atoms with Crippen LogP contribution in [0.15, 0.2) is 42.6 Å². The molecular weight excluding hydrogens is 240 g/mol. The molecule has 0 amide bonds. The number of benzene rings is 1. The number of aryl methyl sites for hydroxylation is 1. The Bertz CT molecular complexity index is 760. The molecule has 0 saturated carbocycles. The van der Waals surface area contributed by atoms with Crippen molar-refractivity contribution < 1.29 is 9.90 Å². The molecule has 0 unspecified atom stereocenters. The summed E-state index contributed by atoms with van der Waals surface area (Å²) in [4.78, 5) is 18.7. The first-order valence-electron chi connectivity index (χ1n) is 5.94. The summed E-state index contributed by atoms with van der Waals surface area (Å²) < 4.78 is 0. The van der Waals surface area contributed by atoms with Gasteiger partial charge in [0, 0.05) is 22.7 Å². The van der Waals surface area contributed by atoms with Crippen molar-refractivity contribution in [3.63, 3.8) is 0 Å². The fourth-order valence-corrected chi connectivity index (χ4v) is 2.30. The monoisotopic (exact) mass is 252 g/mol. The number of aromatic amines is 1. The fraction of sp³-hybridized carbons (Fsp3) is 0.0667. The van der Waals surface area contributed by atoms with Gasteiger partial charge in [-0.05, 0) is 24.6 Å². The number of hydrogen-bond acceptors (Lipinski definition) is 2. The van der Waals surface area contributed by atoms with E-state index in [1.165, 1.54) is 0 Å². The third-order valence-electron chi connectivity index (χ3n) is 3.18. The van der Waals surface area contributed by atoms with Crippen LogP contribution in [0.5, 0.6) is 0 Å². The van der Waals surface area contributed by atoms with E-state index in [-0.39, 0.29) is 5.69 Å². The van der Waals surface area contributed by atoms with E-state index in [0.717, 1.165) is 16.5 Å². The second kappa shape index (κ2) is 4.24. The van der Waals surface area contributed by atoms with E-state index in [2.05, 4.69) is 9.97 Å². The van der Waals surface area contributed by atoms with Crippen LogP contribution >= 0.6 is 0 Å². The van der Waals surface area contributed by atoms with Gasteiger partial charge in [0.1, 0.15) is 5.69 Å². The number of fused-ring (bicyclic) bond motifs is 1. The summed E-state index contributed by atoms with van der Waals surface area (Å²) in [6.07, 6.45) is 1.66. The number of aromatic carboxylic acids is 1. The largest absolute Gasteiger partial charge is 0.477 e. The SMILES string of the molecule is Cc1cccc2c(-c3ccccn3)c(C(=O)O)[nH]c12.